The van der Waals surface area contributed by atoms with E-state index in [1.165, 1.54) is 19.3 Å². The number of unbranched alkanes of at least 4 members (excludes halogenated alkanes) is 3. The summed E-state index contributed by atoms with van der Waals surface area (Å²) < 4.78 is 27.1. The third kappa shape index (κ3) is 21.6. The lowest BCUT2D eigenvalue weighted by Gasteiger charge is -2.13. The first-order valence-corrected chi connectivity index (χ1v) is 11.1. The molecule has 0 aromatic carbocycles. The second kappa shape index (κ2) is 21.0. The van der Waals surface area contributed by atoms with Gasteiger partial charge in [-0.1, -0.05) is 40.0 Å². The lowest BCUT2D eigenvalue weighted by atomic mass is 10.1. The maximum Gasteiger partial charge on any atom is 0.306 e. The van der Waals surface area contributed by atoms with E-state index < -0.39 is 0 Å². The first-order chi connectivity index (χ1) is 13.6. The highest BCUT2D eigenvalue weighted by molar-refractivity contribution is 5.69. The van der Waals surface area contributed by atoms with Gasteiger partial charge in [-0.15, -0.1) is 0 Å². The van der Waals surface area contributed by atoms with Crippen LogP contribution in [0.25, 0.3) is 0 Å². The molecule has 1 unspecified atom stereocenters. The minimum Gasteiger partial charge on any atom is -0.463 e. The summed E-state index contributed by atoms with van der Waals surface area (Å²) in [5.74, 6) is 0.426. The molecule has 6 heteroatoms. The molecule has 0 saturated heterocycles. The molecule has 0 aliphatic heterocycles. The van der Waals surface area contributed by atoms with E-state index >= 15 is 0 Å². The molecule has 0 saturated carbocycles. The average Bonchev–Trinajstić information content (AvgIpc) is 2.65. The van der Waals surface area contributed by atoms with Gasteiger partial charge >= 0.3 is 5.97 Å². The molecule has 0 bridgehead atoms. The van der Waals surface area contributed by atoms with Crippen LogP contribution in [-0.2, 0) is 28.5 Å². The summed E-state index contributed by atoms with van der Waals surface area (Å²) in [5, 5.41) is 0. The number of hydrogen-bond donors (Lipinski definition) is 0. The second-order valence-electron chi connectivity index (χ2n) is 7.56. The van der Waals surface area contributed by atoms with Gasteiger partial charge in [-0.25, -0.2) is 0 Å². The zero-order valence-corrected chi connectivity index (χ0v) is 18.7. The van der Waals surface area contributed by atoms with Crippen molar-refractivity contribution in [2.75, 3.05) is 52.9 Å². The molecule has 6 nitrogen and oxygen atoms in total. The summed E-state index contributed by atoms with van der Waals surface area (Å²) >= 11 is 0. The Morgan fingerprint density at radius 2 is 1.29 bits per heavy atom. The van der Waals surface area contributed by atoms with E-state index in [9.17, 15) is 4.79 Å². The summed E-state index contributed by atoms with van der Waals surface area (Å²) in [7, 11) is 0. The lowest BCUT2D eigenvalue weighted by molar-refractivity contribution is -0.149. The van der Waals surface area contributed by atoms with E-state index in [-0.39, 0.29) is 12.1 Å². The largest absolute Gasteiger partial charge is 0.463 e. The first-order valence-electron chi connectivity index (χ1n) is 11.1. The molecule has 0 heterocycles. The van der Waals surface area contributed by atoms with E-state index in [1.807, 2.05) is 6.92 Å². The zero-order chi connectivity index (χ0) is 20.9. The second-order valence-corrected chi connectivity index (χ2v) is 7.56. The van der Waals surface area contributed by atoms with Crippen LogP contribution in [0.4, 0.5) is 0 Å². The first kappa shape index (κ1) is 27.3. The molecule has 0 rings (SSSR count). The van der Waals surface area contributed by atoms with Gasteiger partial charge in [0, 0.05) is 19.6 Å². The van der Waals surface area contributed by atoms with E-state index in [0.29, 0.717) is 65.0 Å². The number of esters is 1. The number of carbonyl (C=O) groups is 1. The Balaban J connectivity index is 3.24. The predicted octanol–water partition coefficient (Wildman–Crippen LogP) is 4.39. The molecule has 0 spiro atoms. The Morgan fingerprint density at radius 1 is 0.714 bits per heavy atom. The molecule has 0 fully saturated rings. The van der Waals surface area contributed by atoms with Gasteiger partial charge in [0.1, 0.15) is 0 Å². The fourth-order valence-electron chi connectivity index (χ4n) is 2.50. The van der Waals surface area contributed by atoms with Gasteiger partial charge in [0.2, 0.25) is 0 Å². The average molecular weight is 405 g/mol. The molecule has 0 aromatic heterocycles. The van der Waals surface area contributed by atoms with Crippen LogP contribution in [0.3, 0.4) is 0 Å². The van der Waals surface area contributed by atoms with Gasteiger partial charge in [0.05, 0.1) is 45.7 Å². The van der Waals surface area contributed by atoms with Crippen LogP contribution in [0.2, 0.25) is 0 Å². The summed E-state index contributed by atoms with van der Waals surface area (Å²) in [6.45, 7) is 13.1. The van der Waals surface area contributed by atoms with Crippen molar-refractivity contribution in [3.63, 3.8) is 0 Å². The lowest BCUT2D eigenvalue weighted by Crippen LogP contribution is -2.15. The van der Waals surface area contributed by atoms with Gasteiger partial charge in [-0.3, -0.25) is 4.79 Å². The normalized spacial score (nSPS) is 12.5. The van der Waals surface area contributed by atoms with Gasteiger partial charge in [0.25, 0.3) is 0 Å². The molecular weight excluding hydrogens is 360 g/mol. The van der Waals surface area contributed by atoms with Gasteiger partial charge < -0.3 is 23.7 Å². The van der Waals surface area contributed by atoms with Crippen molar-refractivity contribution >= 4 is 5.97 Å². The summed E-state index contributed by atoms with van der Waals surface area (Å²) in [6.07, 6.45) is 6.88. The Morgan fingerprint density at radius 3 is 1.86 bits per heavy atom. The van der Waals surface area contributed by atoms with Crippen LogP contribution in [-0.4, -0.2) is 64.9 Å². The van der Waals surface area contributed by atoms with E-state index in [1.54, 1.807) is 0 Å². The molecular formula is C22H44O6. The fraction of sp³-hybridized carbons (Fsp3) is 0.955. The summed E-state index contributed by atoms with van der Waals surface area (Å²) in [4.78, 5) is 11.8. The highest BCUT2D eigenvalue weighted by atomic mass is 16.6. The maximum absolute atomic E-state index is 11.8. The van der Waals surface area contributed by atoms with Crippen LogP contribution in [0.1, 0.15) is 72.6 Å². The number of ether oxygens (including phenoxy) is 5. The van der Waals surface area contributed by atoms with Gasteiger partial charge in [-0.2, -0.15) is 0 Å². The van der Waals surface area contributed by atoms with Crippen LogP contribution >= 0.6 is 0 Å². The minimum atomic E-state index is -0.127. The standard InChI is InChI=1S/C22H44O6/c1-5-6-7-8-10-21(4)28-22(23)11-9-12-24-13-14-25-15-16-26-17-18-27-19-20(2)3/h20-21H,5-19H2,1-4H3. The van der Waals surface area contributed by atoms with Crippen molar-refractivity contribution in [1.82, 2.24) is 0 Å². The van der Waals surface area contributed by atoms with Crippen molar-refractivity contribution in [3.05, 3.63) is 0 Å². The van der Waals surface area contributed by atoms with Crippen molar-refractivity contribution in [2.24, 2.45) is 5.92 Å². The summed E-state index contributed by atoms with van der Waals surface area (Å²) in [6, 6.07) is 0. The van der Waals surface area contributed by atoms with Crippen LogP contribution in [0.15, 0.2) is 0 Å². The van der Waals surface area contributed by atoms with E-state index in [0.717, 1.165) is 19.4 Å². The smallest absolute Gasteiger partial charge is 0.306 e. The van der Waals surface area contributed by atoms with Crippen molar-refractivity contribution in [1.29, 1.82) is 0 Å². The maximum atomic E-state index is 11.8. The SMILES string of the molecule is CCCCCCC(C)OC(=O)CCCOCCOCCOCCOCC(C)C. The van der Waals surface area contributed by atoms with Crippen LogP contribution in [0.5, 0.6) is 0 Å². The van der Waals surface area contributed by atoms with E-state index in [4.69, 9.17) is 23.7 Å². The van der Waals surface area contributed by atoms with Crippen LogP contribution < -0.4 is 0 Å². The number of rotatable bonds is 21. The van der Waals surface area contributed by atoms with Gasteiger partial charge in [-0.05, 0) is 32.1 Å². The topological polar surface area (TPSA) is 63.2 Å². The Kier molecular flexibility index (Phi) is 20.5. The minimum absolute atomic E-state index is 0.0164. The Bertz CT molecular complexity index is 335. The summed E-state index contributed by atoms with van der Waals surface area (Å²) in [5.41, 5.74) is 0. The third-order valence-electron chi connectivity index (χ3n) is 4.03. The molecule has 1 atom stereocenters. The van der Waals surface area contributed by atoms with Gasteiger partial charge in [0.15, 0.2) is 0 Å². The molecule has 0 aromatic rings. The molecule has 0 aliphatic carbocycles. The highest BCUT2D eigenvalue weighted by Crippen LogP contribution is 2.09. The molecule has 0 N–H and O–H groups in total. The quantitative estimate of drug-likeness (QED) is 0.209. The molecule has 168 valence electrons. The van der Waals surface area contributed by atoms with Crippen molar-refractivity contribution in [3.8, 4) is 0 Å². The molecule has 28 heavy (non-hydrogen) atoms. The molecule has 0 amide bonds. The molecule has 0 aliphatic rings. The third-order valence-corrected chi connectivity index (χ3v) is 4.03. The Labute approximate surface area is 172 Å². The van der Waals surface area contributed by atoms with Crippen LogP contribution in [0, 0.1) is 5.92 Å². The molecule has 0 radical (unpaired) electrons. The fourth-order valence-corrected chi connectivity index (χ4v) is 2.50. The highest BCUT2D eigenvalue weighted by Gasteiger charge is 2.09. The zero-order valence-electron chi connectivity index (χ0n) is 18.7. The van der Waals surface area contributed by atoms with Crippen molar-refractivity contribution < 1.29 is 28.5 Å². The monoisotopic (exact) mass is 404 g/mol. The predicted molar refractivity (Wildman–Crippen MR) is 112 cm³/mol. The number of hydrogen-bond acceptors (Lipinski definition) is 6. The van der Waals surface area contributed by atoms with E-state index in [2.05, 4.69) is 20.8 Å². The Hall–Kier alpha value is -0.690. The number of carbonyl (C=O) groups excluding carboxylic acids is 1. The van der Waals surface area contributed by atoms with Crippen molar-refractivity contribution in [2.45, 2.75) is 78.7 Å².